The van der Waals surface area contributed by atoms with Crippen LogP contribution in [0.25, 0.3) is 0 Å². The molecule has 4 heteroatoms. The van der Waals surface area contributed by atoms with Gasteiger partial charge in [-0.1, -0.05) is 26.2 Å². The van der Waals surface area contributed by atoms with Crippen molar-refractivity contribution in [3.8, 4) is 0 Å². The number of rotatable bonds is 6. The third-order valence-corrected chi connectivity index (χ3v) is 5.74. The van der Waals surface area contributed by atoms with Crippen LogP contribution in [0, 0.1) is 5.92 Å². The number of carbonyl (C=O) groups excluding carboxylic acids is 1. The fourth-order valence-corrected chi connectivity index (χ4v) is 4.08. The number of hydrogen-bond donors (Lipinski definition) is 1. The van der Waals surface area contributed by atoms with Crippen molar-refractivity contribution >= 4 is 5.91 Å². The maximum absolute atomic E-state index is 12.7. The number of aliphatic hydroxyl groups is 1. The zero-order valence-electron chi connectivity index (χ0n) is 14.5. The highest BCUT2D eigenvalue weighted by Gasteiger charge is 2.28. The molecule has 2 aliphatic carbocycles. The Balaban J connectivity index is 1.86. The van der Waals surface area contributed by atoms with Gasteiger partial charge in [-0.2, -0.15) is 0 Å². The molecule has 0 aromatic heterocycles. The number of likely N-dealkylation sites (N-methyl/N-ethyl adjacent to an activating group) is 1. The third kappa shape index (κ3) is 4.95. The Hall–Kier alpha value is -0.610. The lowest BCUT2D eigenvalue weighted by molar-refractivity contribution is -0.134. The van der Waals surface area contributed by atoms with Gasteiger partial charge in [-0.15, -0.1) is 0 Å². The second kappa shape index (κ2) is 8.88. The number of amides is 1. The van der Waals surface area contributed by atoms with Crippen molar-refractivity contribution in [3.05, 3.63) is 0 Å². The minimum absolute atomic E-state index is 0.147. The molecule has 2 aliphatic rings. The van der Waals surface area contributed by atoms with E-state index in [9.17, 15) is 9.90 Å². The molecule has 0 bridgehead atoms. The molecule has 2 saturated carbocycles. The summed E-state index contributed by atoms with van der Waals surface area (Å²) in [5.41, 5.74) is 0. The summed E-state index contributed by atoms with van der Waals surface area (Å²) in [5.74, 6) is 1.05. The lowest BCUT2D eigenvalue weighted by Gasteiger charge is -2.37. The average molecular weight is 310 g/mol. The summed E-state index contributed by atoms with van der Waals surface area (Å²) >= 11 is 0. The van der Waals surface area contributed by atoms with Crippen LogP contribution < -0.4 is 0 Å². The van der Waals surface area contributed by atoms with Crippen molar-refractivity contribution in [1.29, 1.82) is 0 Å². The number of hydrogen-bond acceptors (Lipinski definition) is 3. The van der Waals surface area contributed by atoms with Gasteiger partial charge in [0.25, 0.3) is 0 Å². The summed E-state index contributed by atoms with van der Waals surface area (Å²) < 4.78 is 0. The zero-order chi connectivity index (χ0) is 15.9. The van der Waals surface area contributed by atoms with Crippen LogP contribution in [0.2, 0.25) is 0 Å². The molecule has 1 amide bonds. The Morgan fingerprint density at radius 3 is 2.23 bits per heavy atom. The Bertz CT molecular complexity index is 334. The summed E-state index contributed by atoms with van der Waals surface area (Å²) in [5, 5.41) is 9.33. The minimum atomic E-state index is 0.147. The van der Waals surface area contributed by atoms with Gasteiger partial charge in [0, 0.05) is 25.7 Å². The molecule has 1 N–H and O–H groups in total. The summed E-state index contributed by atoms with van der Waals surface area (Å²) in [6.45, 7) is 3.57. The smallest absolute Gasteiger partial charge is 0.236 e. The van der Waals surface area contributed by atoms with Gasteiger partial charge in [-0.3, -0.25) is 9.69 Å². The average Bonchev–Trinajstić information content (AvgIpc) is 2.55. The fourth-order valence-electron chi connectivity index (χ4n) is 4.08. The predicted molar refractivity (Wildman–Crippen MR) is 89.7 cm³/mol. The molecule has 0 unspecified atom stereocenters. The quantitative estimate of drug-likeness (QED) is 0.820. The summed E-state index contributed by atoms with van der Waals surface area (Å²) in [6.07, 6.45) is 11.0. The largest absolute Gasteiger partial charge is 0.395 e. The van der Waals surface area contributed by atoms with E-state index in [0.717, 1.165) is 18.8 Å². The summed E-state index contributed by atoms with van der Waals surface area (Å²) in [7, 11) is 1.97. The molecule has 0 atom stereocenters. The minimum Gasteiger partial charge on any atom is -0.395 e. The third-order valence-electron chi connectivity index (χ3n) is 5.74. The van der Waals surface area contributed by atoms with Crippen LogP contribution in [0.4, 0.5) is 0 Å². The predicted octanol–water partition coefficient (Wildman–Crippen LogP) is 2.65. The number of aliphatic hydroxyl groups excluding tert-OH is 1. The summed E-state index contributed by atoms with van der Waals surface area (Å²) in [6, 6.07) is 0.913. The van der Waals surface area contributed by atoms with Crippen molar-refractivity contribution in [2.75, 3.05) is 26.7 Å². The number of nitrogens with zero attached hydrogens (tertiary/aromatic N) is 2. The monoisotopic (exact) mass is 310 g/mol. The first-order valence-corrected chi connectivity index (χ1v) is 9.22. The van der Waals surface area contributed by atoms with E-state index in [1.54, 1.807) is 0 Å². The highest BCUT2D eigenvalue weighted by molar-refractivity contribution is 5.78. The van der Waals surface area contributed by atoms with Crippen molar-refractivity contribution in [3.63, 3.8) is 0 Å². The van der Waals surface area contributed by atoms with Crippen LogP contribution in [-0.2, 0) is 4.79 Å². The molecule has 4 nitrogen and oxygen atoms in total. The topological polar surface area (TPSA) is 43.8 Å². The second-order valence-electron chi connectivity index (χ2n) is 7.40. The molecule has 0 saturated heterocycles. The molecule has 0 aromatic rings. The van der Waals surface area contributed by atoms with E-state index >= 15 is 0 Å². The van der Waals surface area contributed by atoms with E-state index in [0.29, 0.717) is 25.2 Å². The van der Waals surface area contributed by atoms with Gasteiger partial charge in [0.15, 0.2) is 0 Å². The Labute approximate surface area is 135 Å². The van der Waals surface area contributed by atoms with Crippen molar-refractivity contribution < 1.29 is 9.90 Å². The number of carbonyl (C=O) groups is 1. The van der Waals surface area contributed by atoms with E-state index in [1.165, 1.54) is 44.9 Å². The molecule has 0 heterocycles. The SMILES string of the molecule is CC1CCC(N(C)C(=O)CN(CCO)C2CCCCC2)CC1. The van der Waals surface area contributed by atoms with Gasteiger partial charge in [-0.25, -0.2) is 0 Å². The van der Waals surface area contributed by atoms with E-state index < -0.39 is 0 Å². The highest BCUT2D eigenvalue weighted by Crippen LogP contribution is 2.27. The van der Waals surface area contributed by atoms with Crippen molar-refractivity contribution in [2.24, 2.45) is 5.92 Å². The van der Waals surface area contributed by atoms with Crippen LogP contribution in [0.1, 0.15) is 64.7 Å². The standard InChI is InChI=1S/C18H34N2O2/c1-15-8-10-16(11-9-15)19(2)18(22)14-20(12-13-21)17-6-4-3-5-7-17/h15-17,21H,3-14H2,1-2H3. The summed E-state index contributed by atoms with van der Waals surface area (Å²) in [4.78, 5) is 16.9. The molecule has 0 radical (unpaired) electrons. The van der Waals surface area contributed by atoms with E-state index in [4.69, 9.17) is 0 Å². The van der Waals surface area contributed by atoms with Crippen LogP contribution in [0.15, 0.2) is 0 Å². The second-order valence-corrected chi connectivity index (χ2v) is 7.40. The molecule has 0 spiro atoms. The zero-order valence-corrected chi connectivity index (χ0v) is 14.5. The van der Waals surface area contributed by atoms with Crippen molar-refractivity contribution in [2.45, 2.75) is 76.8 Å². The van der Waals surface area contributed by atoms with Crippen molar-refractivity contribution in [1.82, 2.24) is 9.80 Å². The Kier molecular flexibility index (Phi) is 7.16. The molecule has 0 aliphatic heterocycles. The van der Waals surface area contributed by atoms with Crippen LogP contribution in [-0.4, -0.2) is 59.6 Å². The molecule has 0 aromatic carbocycles. The normalized spacial score (nSPS) is 27.1. The first kappa shape index (κ1) is 17.7. The maximum atomic E-state index is 12.7. The lowest BCUT2D eigenvalue weighted by Crippen LogP contribution is -2.48. The van der Waals surface area contributed by atoms with Gasteiger partial charge in [-0.05, 0) is 44.4 Å². The fraction of sp³-hybridized carbons (Fsp3) is 0.944. The van der Waals surface area contributed by atoms with Gasteiger partial charge in [0.05, 0.1) is 13.2 Å². The molecule has 22 heavy (non-hydrogen) atoms. The van der Waals surface area contributed by atoms with Gasteiger partial charge >= 0.3 is 0 Å². The molecular weight excluding hydrogens is 276 g/mol. The first-order chi connectivity index (χ1) is 10.6. The van der Waals surface area contributed by atoms with E-state index in [2.05, 4.69) is 11.8 Å². The van der Waals surface area contributed by atoms with E-state index in [-0.39, 0.29) is 12.5 Å². The highest BCUT2D eigenvalue weighted by atomic mass is 16.3. The van der Waals surface area contributed by atoms with Crippen LogP contribution >= 0.6 is 0 Å². The maximum Gasteiger partial charge on any atom is 0.236 e. The molecule has 2 rings (SSSR count). The van der Waals surface area contributed by atoms with E-state index in [1.807, 2.05) is 11.9 Å². The molecule has 128 valence electrons. The molecular formula is C18H34N2O2. The van der Waals surface area contributed by atoms with Crippen LogP contribution in [0.5, 0.6) is 0 Å². The van der Waals surface area contributed by atoms with Gasteiger partial charge < -0.3 is 10.0 Å². The van der Waals surface area contributed by atoms with Gasteiger partial charge in [0.2, 0.25) is 5.91 Å². The van der Waals surface area contributed by atoms with Crippen LogP contribution in [0.3, 0.4) is 0 Å². The first-order valence-electron chi connectivity index (χ1n) is 9.22. The Morgan fingerprint density at radius 1 is 1.00 bits per heavy atom. The lowest BCUT2D eigenvalue weighted by atomic mass is 9.86. The van der Waals surface area contributed by atoms with Gasteiger partial charge in [0.1, 0.15) is 0 Å². The molecule has 2 fully saturated rings. The Morgan fingerprint density at radius 2 is 1.64 bits per heavy atom.